The second-order valence-corrected chi connectivity index (χ2v) is 5.80. The van der Waals surface area contributed by atoms with Crippen LogP contribution in [0.15, 0.2) is 0 Å². The molecule has 4 nitrogen and oxygen atoms in total. The molecule has 1 N–H and O–H groups in total. The van der Waals surface area contributed by atoms with Crippen molar-refractivity contribution in [2.24, 2.45) is 5.92 Å². The van der Waals surface area contributed by atoms with Crippen LogP contribution in [0.1, 0.15) is 39.0 Å². The van der Waals surface area contributed by atoms with Gasteiger partial charge >= 0.3 is 5.97 Å². The Morgan fingerprint density at radius 3 is 2.72 bits per heavy atom. The minimum atomic E-state index is -0.114. The second kappa shape index (κ2) is 6.53. The van der Waals surface area contributed by atoms with E-state index in [9.17, 15) is 4.79 Å². The van der Waals surface area contributed by atoms with Crippen LogP contribution in [0.25, 0.3) is 0 Å². The Morgan fingerprint density at radius 2 is 2.11 bits per heavy atom. The number of esters is 1. The summed E-state index contributed by atoms with van der Waals surface area (Å²) in [6.45, 7) is 4.72. The minimum Gasteiger partial charge on any atom is -0.468 e. The number of likely N-dealkylation sites (tertiary alicyclic amines) is 1. The first-order valence-corrected chi connectivity index (χ1v) is 7.26. The summed E-state index contributed by atoms with van der Waals surface area (Å²) in [6, 6.07) is 1.31. The van der Waals surface area contributed by atoms with E-state index in [2.05, 4.69) is 17.1 Å². The van der Waals surface area contributed by atoms with Gasteiger partial charge in [0, 0.05) is 25.2 Å². The van der Waals surface area contributed by atoms with E-state index in [-0.39, 0.29) is 5.97 Å². The molecule has 2 atom stereocenters. The SMILES string of the molecule is CCCC1CC(NC2CC2)CN(CC(=O)OC)C1. The molecule has 2 rings (SSSR count). The van der Waals surface area contributed by atoms with Crippen molar-refractivity contribution in [2.45, 2.75) is 51.1 Å². The average molecular weight is 254 g/mol. The van der Waals surface area contributed by atoms with Crippen molar-refractivity contribution in [3.63, 3.8) is 0 Å². The van der Waals surface area contributed by atoms with Crippen LogP contribution in [-0.4, -0.2) is 49.7 Å². The van der Waals surface area contributed by atoms with E-state index in [1.165, 1.54) is 39.2 Å². The van der Waals surface area contributed by atoms with Gasteiger partial charge in [0.15, 0.2) is 0 Å². The second-order valence-electron chi connectivity index (χ2n) is 5.80. The molecule has 1 saturated heterocycles. The molecule has 0 amide bonds. The van der Waals surface area contributed by atoms with Crippen molar-refractivity contribution < 1.29 is 9.53 Å². The topological polar surface area (TPSA) is 41.6 Å². The predicted octanol–water partition coefficient (Wildman–Crippen LogP) is 1.40. The summed E-state index contributed by atoms with van der Waals surface area (Å²) in [5.74, 6) is 0.613. The lowest BCUT2D eigenvalue weighted by atomic mass is 9.90. The smallest absolute Gasteiger partial charge is 0.319 e. The van der Waals surface area contributed by atoms with Gasteiger partial charge in [0.25, 0.3) is 0 Å². The zero-order valence-electron chi connectivity index (χ0n) is 11.7. The lowest BCUT2D eigenvalue weighted by Gasteiger charge is -2.37. The van der Waals surface area contributed by atoms with E-state index in [0.717, 1.165) is 25.0 Å². The van der Waals surface area contributed by atoms with Gasteiger partial charge < -0.3 is 10.1 Å². The number of methoxy groups -OCH3 is 1. The molecule has 2 unspecified atom stereocenters. The number of carbonyl (C=O) groups excluding carboxylic acids is 1. The van der Waals surface area contributed by atoms with E-state index in [1.807, 2.05) is 0 Å². The fourth-order valence-electron chi connectivity index (χ4n) is 3.00. The maximum atomic E-state index is 11.4. The molecule has 0 aromatic heterocycles. The van der Waals surface area contributed by atoms with Crippen LogP contribution < -0.4 is 5.32 Å². The number of carbonyl (C=O) groups is 1. The standard InChI is InChI=1S/C14H26N2O2/c1-3-4-11-7-13(15-12-5-6-12)9-16(8-11)10-14(17)18-2/h11-13,15H,3-10H2,1-2H3. The first-order valence-electron chi connectivity index (χ1n) is 7.26. The van der Waals surface area contributed by atoms with Crippen molar-refractivity contribution in [2.75, 3.05) is 26.7 Å². The van der Waals surface area contributed by atoms with E-state index < -0.39 is 0 Å². The summed E-state index contributed by atoms with van der Waals surface area (Å²) in [6.07, 6.45) is 6.41. The summed E-state index contributed by atoms with van der Waals surface area (Å²) in [5.41, 5.74) is 0. The van der Waals surface area contributed by atoms with Gasteiger partial charge in [-0.25, -0.2) is 0 Å². The highest BCUT2D eigenvalue weighted by molar-refractivity contribution is 5.71. The summed E-state index contributed by atoms with van der Waals surface area (Å²) >= 11 is 0. The highest BCUT2D eigenvalue weighted by Gasteiger charge is 2.31. The van der Waals surface area contributed by atoms with Gasteiger partial charge in [0.05, 0.1) is 13.7 Å². The Kier molecular flexibility index (Phi) is 5.01. The van der Waals surface area contributed by atoms with E-state index in [4.69, 9.17) is 4.74 Å². The van der Waals surface area contributed by atoms with Crippen molar-refractivity contribution in [1.82, 2.24) is 10.2 Å². The molecule has 104 valence electrons. The molecule has 1 saturated carbocycles. The van der Waals surface area contributed by atoms with Crippen LogP contribution in [0.4, 0.5) is 0 Å². The Bertz CT molecular complexity index is 279. The quantitative estimate of drug-likeness (QED) is 0.728. The molecular formula is C14H26N2O2. The van der Waals surface area contributed by atoms with Crippen molar-refractivity contribution in [3.8, 4) is 0 Å². The molecule has 0 bridgehead atoms. The Balaban J connectivity index is 1.85. The van der Waals surface area contributed by atoms with E-state index in [1.54, 1.807) is 0 Å². The number of piperidine rings is 1. The molecule has 2 aliphatic rings. The molecule has 1 aliphatic carbocycles. The van der Waals surface area contributed by atoms with Crippen LogP contribution in [0.2, 0.25) is 0 Å². The van der Waals surface area contributed by atoms with Crippen molar-refractivity contribution in [3.05, 3.63) is 0 Å². The number of nitrogens with one attached hydrogen (secondary N) is 1. The average Bonchev–Trinajstić information content (AvgIpc) is 3.13. The Morgan fingerprint density at radius 1 is 1.33 bits per heavy atom. The summed E-state index contributed by atoms with van der Waals surface area (Å²) in [7, 11) is 1.47. The number of ether oxygens (including phenoxy) is 1. The van der Waals surface area contributed by atoms with Crippen molar-refractivity contribution >= 4 is 5.97 Å². The summed E-state index contributed by atoms with van der Waals surface area (Å²) in [4.78, 5) is 13.7. The molecule has 18 heavy (non-hydrogen) atoms. The van der Waals surface area contributed by atoms with Crippen LogP contribution in [0.3, 0.4) is 0 Å². The largest absolute Gasteiger partial charge is 0.468 e. The highest BCUT2D eigenvalue weighted by atomic mass is 16.5. The van der Waals surface area contributed by atoms with Gasteiger partial charge in [-0.1, -0.05) is 13.3 Å². The zero-order valence-corrected chi connectivity index (χ0v) is 11.7. The molecular weight excluding hydrogens is 228 g/mol. The number of rotatable bonds is 6. The third kappa shape index (κ3) is 4.25. The fourth-order valence-corrected chi connectivity index (χ4v) is 3.00. The summed E-state index contributed by atoms with van der Waals surface area (Å²) < 4.78 is 4.78. The van der Waals surface area contributed by atoms with Gasteiger partial charge in [-0.05, 0) is 31.6 Å². The van der Waals surface area contributed by atoms with Crippen molar-refractivity contribution in [1.29, 1.82) is 0 Å². The third-order valence-electron chi connectivity index (χ3n) is 3.94. The van der Waals surface area contributed by atoms with Gasteiger partial charge in [-0.2, -0.15) is 0 Å². The van der Waals surface area contributed by atoms with Crippen LogP contribution >= 0.6 is 0 Å². The van der Waals surface area contributed by atoms with E-state index in [0.29, 0.717) is 12.6 Å². The molecule has 0 aromatic rings. The third-order valence-corrected chi connectivity index (χ3v) is 3.94. The van der Waals surface area contributed by atoms with Crippen LogP contribution in [-0.2, 0) is 9.53 Å². The molecule has 1 heterocycles. The molecule has 0 spiro atoms. The van der Waals surface area contributed by atoms with Gasteiger partial charge in [0.2, 0.25) is 0 Å². The lowest BCUT2D eigenvalue weighted by molar-refractivity contribution is -0.142. The maximum absolute atomic E-state index is 11.4. The highest BCUT2D eigenvalue weighted by Crippen LogP contribution is 2.25. The molecule has 0 aromatic carbocycles. The van der Waals surface area contributed by atoms with Crippen LogP contribution in [0.5, 0.6) is 0 Å². The predicted molar refractivity (Wildman–Crippen MR) is 71.4 cm³/mol. The number of hydrogen-bond donors (Lipinski definition) is 1. The Hall–Kier alpha value is -0.610. The monoisotopic (exact) mass is 254 g/mol. The molecule has 2 fully saturated rings. The zero-order chi connectivity index (χ0) is 13.0. The van der Waals surface area contributed by atoms with Crippen LogP contribution in [0, 0.1) is 5.92 Å². The maximum Gasteiger partial charge on any atom is 0.319 e. The van der Waals surface area contributed by atoms with E-state index >= 15 is 0 Å². The molecule has 0 radical (unpaired) electrons. The molecule has 4 heteroatoms. The normalized spacial score (nSPS) is 29.2. The van der Waals surface area contributed by atoms with Gasteiger partial charge in [0.1, 0.15) is 0 Å². The van der Waals surface area contributed by atoms with Gasteiger partial charge in [-0.15, -0.1) is 0 Å². The lowest BCUT2D eigenvalue weighted by Crippen LogP contribution is -2.51. The molecule has 1 aliphatic heterocycles. The Labute approximate surface area is 110 Å². The number of hydrogen-bond acceptors (Lipinski definition) is 4. The number of nitrogens with zero attached hydrogens (tertiary/aromatic N) is 1. The van der Waals surface area contributed by atoms with Gasteiger partial charge in [-0.3, -0.25) is 9.69 Å². The fraction of sp³-hybridized carbons (Fsp3) is 0.929. The minimum absolute atomic E-state index is 0.114. The summed E-state index contributed by atoms with van der Waals surface area (Å²) in [5, 5.41) is 3.71. The first kappa shape index (κ1) is 13.8. The first-order chi connectivity index (χ1) is 8.71.